The molecule has 1 saturated heterocycles. The number of morpholine rings is 1. The molecule has 1 amide bonds. The van der Waals surface area contributed by atoms with Gasteiger partial charge in [0, 0.05) is 23.6 Å². The van der Waals surface area contributed by atoms with E-state index in [-0.39, 0.29) is 17.2 Å². The molecular formula is C17H25N5O3. The van der Waals surface area contributed by atoms with E-state index in [0.717, 1.165) is 5.69 Å². The van der Waals surface area contributed by atoms with E-state index in [1.165, 1.54) is 0 Å². The number of H-pyrrole nitrogens is 1. The summed E-state index contributed by atoms with van der Waals surface area (Å²) in [6.07, 6.45) is 0. The van der Waals surface area contributed by atoms with Crippen molar-refractivity contribution in [1.29, 1.82) is 0 Å². The summed E-state index contributed by atoms with van der Waals surface area (Å²) >= 11 is 0. The lowest BCUT2D eigenvalue weighted by atomic mass is 9.92. The van der Waals surface area contributed by atoms with Gasteiger partial charge in [-0.2, -0.15) is 5.10 Å². The minimum absolute atomic E-state index is 0.103. The third-order valence-corrected chi connectivity index (χ3v) is 4.23. The Morgan fingerprint density at radius 2 is 2.12 bits per heavy atom. The average Bonchev–Trinajstić information content (AvgIpc) is 3.23. The molecule has 8 heteroatoms. The lowest BCUT2D eigenvalue weighted by Crippen LogP contribution is -2.43. The monoisotopic (exact) mass is 347 g/mol. The van der Waals surface area contributed by atoms with Gasteiger partial charge in [0.1, 0.15) is 11.7 Å². The molecule has 0 aliphatic carbocycles. The number of ether oxygens (including phenoxy) is 1. The maximum absolute atomic E-state index is 13.0. The van der Waals surface area contributed by atoms with Crippen molar-refractivity contribution in [3.63, 3.8) is 0 Å². The van der Waals surface area contributed by atoms with E-state index in [1.807, 2.05) is 19.9 Å². The smallest absolute Gasteiger partial charge is 0.275 e. The van der Waals surface area contributed by atoms with Crippen LogP contribution in [0.1, 0.15) is 74.5 Å². The van der Waals surface area contributed by atoms with Crippen LogP contribution < -0.4 is 0 Å². The predicted octanol–water partition coefficient (Wildman–Crippen LogP) is 2.43. The fourth-order valence-corrected chi connectivity index (χ4v) is 2.63. The molecule has 1 unspecified atom stereocenters. The Morgan fingerprint density at radius 1 is 1.36 bits per heavy atom. The summed E-state index contributed by atoms with van der Waals surface area (Å²) in [6, 6.07) is 1.42. The second-order valence-electron chi connectivity index (χ2n) is 7.64. The molecule has 0 saturated carbocycles. The Morgan fingerprint density at radius 3 is 2.72 bits per heavy atom. The third-order valence-electron chi connectivity index (χ3n) is 4.23. The van der Waals surface area contributed by atoms with E-state index in [9.17, 15) is 4.79 Å². The molecule has 3 heterocycles. The lowest BCUT2D eigenvalue weighted by molar-refractivity contribution is -0.0110. The Kier molecular flexibility index (Phi) is 4.64. The molecule has 1 aliphatic rings. The summed E-state index contributed by atoms with van der Waals surface area (Å²) in [5.41, 5.74) is 1.20. The number of amides is 1. The molecule has 25 heavy (non-hydrogen) atoms. The van der Waals surface area contributed by atoms with Gasteiger partial charge in [0.25, 0.3) is 5.91 Å². The van der Waals surface area contributed by atoms with Crippen molar-refractivity contribution in [2.45, 2.75) is 52.0 Å². The van der Waals surface area contributed by atoms with E-state index < -0.39 is 6.04 Å². The number of aromatic amines is 1. The van der Waals surface area contributed by atoms with Gasteiger partial charge in [-0.1, -0.05) is 34.6 Å². The first kappa shape index (κ1) is 17.6. The van der Waals surface area contributed by atoms with Crippen LogP contribution in [0.4, 0.5) is 0 Å². The van der Waals surface area contributed by atoms with Gasteiger partial charge in [-0.15, -0.1) is 10.2 Å². The highest BCUT2D eigenvalue weighted by Gasteiger charge is 2.34. The van der Waals surface area contributed by atoms with E-state index in [0.29, 0.717) is 37.2 Å². The fraction of sp³-hybridized carbons (Fsp3) is 0.647. The van der Waals surface area contributed by atoms with E-state index in [4.69, 9.17) is 9.15 Å². The number of hydrogen-bond acceptors (Lipinski definition) is 6. The highest BCUT2D eigenvalue weighted by molar-refractivity contribution is 5.92. The van der Waals surface area contributed by atoms with Crippen LogP contribution in [0.15, 0.2) is 10.5 Å². The van der Waals surface area contributed by atoms with Crippen molar-refractivity contribution >= 4 is 5.91 Å². The topological polar surface area (TPSA) is 97.1 Å². The molecule has 1 aliphatic heterocycles. The second kappa shape index (κ2) is 6.59. The van der Waals surface area contributed by atoms with Gasteiger partial charge >= 0.3 is 0 Å². The summed E-state index contributed by atoms with van der Waals surface area (Å²) in [5.74, 6) is 0.936. The van der Waals surface area contributed by atoms with Crippen LogP contribution in [-0.2, 0) is 10.2 Å². The number of rotatable bonds is 3. The van der Waals surface area contributed by atoms with Crippen molar-refractivity contribution in [1.82, 2.24) is 25.3 Å². The fourth-order valence-electron chi connectivity index (χ4n) is 2.63. The van der Waals surface area contributed by atoms with Gasteiger partial charge in [-0.05, 0) is 6.07 Å². The van der Waals surface area contributed by atoms with Gasteiger partial charge in [-0.25, -0.2) is 0 Å². The van der Waals surface area contributed by atoms with Crippen molar-refractivity contribution in [3.8, 4) is 0 Å². The molecule has 3 rings (SSSR count). The zero-order chi connectivity index (χ0) is 18.2. The van der Waals surface area contributed by atoms with Crippen molar-refractivity contribution < 1.29 is 13.9 Å². The largest absolute Gasteiger partial charge is 0.423 e. The van der Waals surface area contributed by atoms with E-state index in [1.54, 1.807) is 4.90 Å². The first-order chi connectivity index (χ1) is 11.8. The van der Waals surface area contributed by atoms with Gasteiger partial charge in [0.05, 0.1) is 13.2 Å². The molecule has 1 atom stereocenters. The Bertz CT molecular complexity index is 744. The van der Waals surface area contributed by atoms with Gasteiger partial charge < -0.3 is 14.1 Å². The molecular weight excluding hydrogens is 322 g/mol. The Hall–Kier alpha value is -2.22. The summed E-state index contributed by atoms with van der Waals surface area (Å²) < 4.78 is 11.3. The molecule has 136 valence electrons. The molecule has 1 N–H and O–H groups in total. The maximum Gasteiger partial charge on any atom is 0.275 e. The first-order valence-electron chi connectivity index (χ1n) is 8.55. The number of nitrogens with zero attached hydrogens (tertiary/aromatic N) is 4. The highest BCUT2D eigenvalue weighted by Crippen LogP contribution is 2.27. The number of aromatic nitrogens is 4. The molecule has 0 spiro atoms. The predicted molar refractivity (Wildman–Crippen MR) is 90.3 cm³/mol. The summed E-state index contributed by atoms with van der Waals surface area (Å²) in [7, 11) is 0. The number of hydrogen-bond donors (Lipinski definition) is 1. The molecule has 0 bridgehead atoms. The van der Waals surface area contributed by atoms with Gasteiger partial charge in [0.2, 0.25) is 11.8 Å². The Balaban J connectivity index is 1.85. The average molecular weight is 347 g/mol. The molecule has 0 radical (unpaired) electrons. The van der Waals surface area contributed by atoms with E-state index in [2.05, 4.69) is 41.2 Å². The van der Waals surface area contributed by atoms with E-state index >= 15 is 0 Å². The Labute approximate surface area is 146 Å². The number of carbonyl (C=O) groups is 1. The van der Waals surface area contributed by atoms with Crippen LogP contribution >= 0.6 is 0 Å². The minimum Gasteiger partial charge on any atom is -0.423 e. The third kappa shape index (κ3) is 3.58. The normalized spacial score (nSPS) is 18.8. The van der Waals surface area contributed by atoms with Crippen molar-refractivity contribution in [2.24, 2.45) is 0 Å². The molecule has 2 aromatic rings. The summed E-state index contributed by atoms with van der Waals surface area (Å²) in [5, 5.41) is 15.3. The van der Waals surface area contributed by atoms with Crippen LogP contribution in [0.5, 0.6) is 0 Å². The van der Waals surface area contributed by atoms with Gasteiger partial charge in [-0.3, -0.25) is 9.89 Å². The number of nitrogens with one attached hydrogen (secondary N) is 1. The van der Waals surface area contributed by atoms with Crippen LogP contribution in [0, 0.1) is 0 Å². The van der Waals surface area contributed by atoms with Crippen molar-refractivity contribution in [2.75, 3.05) is 19.8 Å². The van der Waals surface area contributed by atoms with Crippen LogP contribution in [0.2, 0.25) is 0 Å². The quantitative estimate of drug-likeness (QED) is 0.916. The lowest BCUT2D eigenvalue weighted by Gasteiger charge is -2.32. The molecule has 2 aromatic heterocycles. The zero-order valence-corrected chi connectivity index (χ0v) is 15.4. The summed E-state index contributed by atoms with van der Waals surface area (Å²) in [6.45, 7) is 11.4. The zero-order valence-electron chi connectivity index (χ0n) is 15.4. The summed E-state index contributed by atoms with van der Waals surface area (Å²) in [4.78, 5) is 14.7. The van der Waals surface area contributed by atoms with Crippen molar-refractivity contribution in [3.05, 3.63) is 29.2 Å². The van der Waals surface area contributed by atoms with Crippen LogP contribution in [0.25, 0.3) is 0 Å². The minimum atomic E-state index is -0.393. The van der Waals surface area contributed by atoms with Crippen LogP contribution in [-0.4, -0.2) is 51.0 Å². The van der Waals surface area contributed by atoms with Gasteiger partial charge in [0.15, 0.2) is 0 Å². The molecule has 8 nitrogen and oxygen atoms in total. The molecule has 1 fully saturated rings. The SMILES string of the molecule is CC(C)c1nnc(C2COCCN2C(=O)c2cc(C(C)(C)C)[nH]n2)o1. The number of carbonyl (C=O) groups excluding carboxylic acids is 1. The molecule has 0 aromatic carbocycles. The maximum atomic E-state index is 13.0. The first-order valence-corrected chi connectivity index (χ1v) is 8.55. The van der Waals surface area contributed by atoms with Crippen LogP contribution in [0.3, 0.4) is 0 Å². The standard InChI is InChI=1S/C17H25N5O3/c1-10(2)14-20-21-15(25-14)12-9-24-7-6-22(12)16(23)11-8-13(19-18-11)17(3,4)5/h8,10,12H,6-7,9H2,1-5H3,(H,18,19). The second-order valence-corrected chi connectivity index (χ2v) is 7.64. The highest BCUT2D eigenvalue weighted by atomic mass is 16.5.